The molecule has 0 bridgehead atoms. The van der Waals surface area contributed by atoms with Gasteiger partial charge in [0.05, 0.1) is 10.7 Å². The van der Waals surface area contributed by atoms with Crippen LogP contribution in [0.2, 0.25) is 0 Å². The maximum Gasteiger partial charge on any atom is 0.109 e. The molecule has 4 nitrogen and oxygen atoms in total. The molecule has 2 aromatic rings. The third-order valence-corrected chi connectivity index (χ3v) is 3.24. The van der Waals surface area contributed by atoms with E-state index in [1.165, 1.54) is 0 Å². The summed E-state index contributed by atoms with van der Waals surface area (Å²) in [4.78, 5) is 8.67. The summed E-state index contributed by atoms with van der Waals surface area (Å²) in [6.07, 6.45) is 4.75. The van der Waals surface area contributed by atoms with Crippen molar-refractivity contribution in [2.24, 2.45) is 7.05 Å². The van der Waals surface area contributed by atoms with E-state index in [2.05, 4.69) is 25.2 Å². The van der Waals surface area contributed by atoms with E-state index in [1.54, 1.807) is 11.3 Å². The van der Waals surface area contributed by atoms with Crippen LogP contribution in [-0.2, 0) is 20.0 Å². The van der Waals surface area contributed by atoms with Crippen LogP contribution in [0.4, 0.5) is 0 Å². The molecule has 0 saturated heterocycles. The first-order chi connectivity index (χ1) is 7.75. The lowest BCUT2D eigenvalue weighted by Gasteiger charge is -2.03. The standard InChI is InChI=1S/C11H16N4S/c1-9-14-10(8-16-9)7-12-4-3-11-13-5-6-15(11)2/h5-6,8,12H,3-4,7H2,1-2H3. The van der Waals surface area contributed by atoms with Gasteiger partial charge in [-0.3, -0.25) is 0 Å². The summed E-state index contributed by atoms with van der Waals surface area (Å²) in [5.74, 6) is 1.11. The van der Waals surface area contributed by atoms with Gasteiger partial charge in [-0.1, -0.05) is 0 Å². The third kappa shape index (κ3) is 2.90. The number of nitrogens with one attached hydrogen (secondary N) is 1. The summed E-state index contributed by atoms with van der Waals surface area (Å²) in [7, 11) is 2.02. The molecule has 0 aliphatic heterocycles. The summed E-state index contributed by atoms with van der Waals surface area (Å²) >= 11 is 1.70. The number of aryl methyl sites for hydroxylation is 2. The molecule has 2 heterocycles. The van der Waals surface area contributed by atoms with Crippen LogP contribution in [-0.4, -0.2) is 21.1 Å². The van der Waals surface area contributed by atoms with Gasteiger partial charge in [0, 0.05) is 44.3 Å². The first-order valence-corrected chi connectivity index (χ1v) is 6.21. The molecule has 0 amide bonds. The van der Waals surface area contributed by atoms with Gasteiger partial charge >= 0.3 is 0 Å². The van der Waals surface area contributed by atoms with Gasteiger partial charge in [-0.25, -0.2) is 9.97 Å². The number of aromatic nitrogens is 3. The summed E-state index contributed by atoms with van der Waals surface area (Å²) < 4.78 is 2.05. The van der Waals surface area contributed by atoms with E-state index in [0.717, 1.165) is 36.0 Å². The number of hydrogen-bond donors (Lipinski definition) is 1. The number of hydrogen-bond acceptors (Lipinski definition) is 4. The summed E-state index contributed by atoms with van der Waals surface area (Å²) in [5.41, 5.74) is 1.13. The van der Waals surface area contributed by atoms with E-state index in [4.69, 9.17) is 0 Å². The van der Waals surface area contributed by atoms with Crippen molar-refractivity contribution in [1.29, 1.82) is 0 Å². The fourth-order valence-corrected chi connectivity index (χ4v) is 2.16. The van der Waals surface area contributed by atoms with E-state index in [9.17, 15) is 0 Å². The van der Waals surface area contributed by atoms with Crippen LogP contribution in [0.15, 0.2) is 17.8 Å². The van der Waals surface area contributed by atoms with Crippen LogP contribution in [0.25, 0.3) is 0 Å². The minimum Gasteiger partial charge on any atom is -0.338 e. The second-order valence-electron chi connectivity index (χ2n) is 3.74. The second-order valence-corrected chi connectivity index (χ2v) is 4.80. The smallest absolute Gasteiger partial charge is 0.109 e. The van der Waals surface area contributed by atoms with Gasteiger partial charge in [0.1, 0.15) is 5.82 Å². The van der Waals surface area contributed by atoms with E-state index < -0.39 is 0 Å². The van der Waals surface area contributed by atoms with E-state index >= 15 is 0 Å². The number of thiazole rings is 1. The van der Waals surface area contributed by atoms with Gasteiger partial charge < -0.3 is 9.88 Å². The van der Waals surface area contributed by atoms with Gasteiger partial charge in [0.2, 0.25) is 0 Å². The Morgan fingerprint density at radius 1 is 1.50 bits per heavy atom. The van der Waals surface area contributed by atoms with E-state index in [0.29, 0.717) is 0 Å². The Morgan fingerprint density at radius 2 is 2.38 bits per heavy atom. The monoisotopic (exact) mass is 236 g/mol. The highest BCUT2D eigenvalue weighted by Crippen LogP contribution is 2.07. The van der Waals surface area contributed by atoms with Crippen molar-refractivity contribution in [3.05, 3.63) is 34.3 Å². The number of nitrogens with zero attached hydrogens (tertiary/aromatic N) is 3. The predicted molar refractivity (Wildman–Crippen MR) is 65.5 cm³/mol. The van der Waals surface area contributed by atoms with Crippen LogP contribution < -0.4 is 5.32 Å². The topological polar surface area (TPSA) is 42.7 Å². The average molecular weight is 236 g/mol. The molecule has 2 aromatic heterocycles. The quantitative estimate of drug-likeness (QED) is 0.800. The van der Waals surface area contributed by atoms with Gasteiger partial charge in [0.25, 0.3) is 0 Å². The minimum atomic E-state index is 0.842. The minimum absolute atomic E-state index is 0.842. The Kier molecular flexibility index (Phi) is 3.69. The predicted octanol–water partition coefficient (Wildman–Crippen LogP) is 1.52. The molecule has 0 spiro atoms. The molecule has 0 aliphatic rings. The van der Waals surface area contributed by atoms with Crippen molar-refractivity contribution in [1.82, 2.24) is 19.9 Å². The lowest BCUT2D eigenvalue weighted by atomic mass is 10.4. The Labute approximate surface area is 99.4 Å². The second kappa shape index (κ2) is 5.23. The Hall–Kier alpha value is -1.20. The Bertz CT molecular complexity index is 446. The Morgan fingerprint density at radius 3 is 3.00 bits per heavy atom. The molecule has 86 valence electrons. The maximum atomic E-state index is 4.40. The molecule has 0 aromatic carbocycles. The van der Waals surface area contributed by atoms with Crippen LogP contribution in [0, 0.1) is 6.92 Å². The molecule has 5 heteroatoms. The van der Waals surface area contributed by atoms with E-state index in [-0.39, 0.29) is 0 Å². The highest BCUT2D eigenvalue weighted by atomic mass is 32.1. The van der Waals surface area contributed by atoms with Crippen LogP contribution >= 0.6 is 11.3 Å². The highest BCUT2D eigenvalue weighted by molar-refractivity contribution is 7.09. The highest BCUT2D eigenvalue weighted by Gasteiger charge is 2.00. The largest absolute Gasteiger partial charge is 0.338 e. The molecular weight excluding hydrogens is 220 g/mol. The zero-order valence-corrected chi connectivity index (χ0v) is 10.4. The maximum absolute atomic E-state index is 4.40. The summed E-state index contributed by atoms with van der Waals surface area (Å²) in [6, 6.07) is 0. The summed E-state index contributed by atoms with van der Waals surface area (Å²) in [6.45, 7) is 3.80. The van der Waals surface area contributed by atoms with Crippen molar-refractivity contribution in [2.45, 2.75) is 19.9 Å². The first-order valence-electron chi connectivity index (χ1n) is 5.33. The van der Waals surface area contributed by atoms with Crippen LogP contribution in [0.3, 0.4) is 0 Å². The summed E-state index contributed by atoms with van der Waals surface area (Å²) in [5, 5.41) is 6.60. The van der Waals surface area contributed by atoms with Crippen molar-refractivity contribution in [3.63, 3.8) is 0 Å². The molecule has 16 heavy (non-hydrogen) atoms. The fraction of sp³-hybridized carbons (Fsp3) is 0.455. The molecule has 2 rings (SSSR count). The van der Waals surface area contributed by atoms with Crippen LogP contribution in [0.5, 0.6) is 0 Å². The molecule has 0 aliphatic carbocycles. The lowest BCUT2D eigenvalue weighted by molar-refractivity contribution is 0.648. The number of imidazole rings is 1. The lowest BCUT2D eigenvalue weighted by Crippen LogP contribution is -2.18. The van der Waals surface area contributed by atoms with Crippen LogP contribution in [0.1, 0.15) is 16.5 Å². The van der Waals surface area contributed by atoms with Crippen molar-refractivity contribution in [3.8, 4) is 0 Å². The number of rotatable bonds is 5. The molecule has 1 N–H and O–H groups in total. The average Bonchev–Trinajstić information content (AvgIpc) is 2.83. The first kappa shape index (κ1) is 11.3. The molecule has 0 saturated carbocycles. The molecule has 0 unspecified atom stereocenters. The van der Waals surface area contributed by atoms with Gasteiger partial charge in [-0.05, 0) is 6.92 Å². The fourth-order valence-electron chi connectivity index (χ4n) is 1.54. The molecule has 0 fully saturated rings. The zero-order valence-electron chi connectivity index (χ0n) is 9.60. The van der Waals surface area contributed by atoms with Crippen molar-refractivity contribution in [2.75, 3.05) is 6.54 Å². The molecule has 0 radical (unpaired) electrons. The van der Waals surface area contributed by atoms with E-state index in [1.807, 2.05) is 26.4 Å². The van der Waals surface area contributed by atoms with Gasteiger partial charge in [-0.2, -0.15) is 0 Å². The van der Waals surface area contributed by atoms with Crippen molar-refractivity contribution >= 4 is 11.3 Å². The van der Waals surface area contributed by atoms with Gasteiger partial charge in [0.15, 0.2) is 0 Å². The van der Waals surface area contributed by atoms with Gasteiger partial charge in [-0.15, -0.1) is 11.3 Å². The molecular formula is C11H16N4S. The SMILES string of the molecule is Cc1nc(CNCCc2nccn2C)cs1. The zero-order chi connectivity index (χ0) is 11.4. The molecule has 0 atom stereocenters. The van der Waals surface area contributed by atoms with Crippen molar-refractivity contribution < 1.29 is 0 Å². The normalized spacial score (nSPS) is 10.9. The Balaban J connectivity index is 1.71. The third-order valence-electron chi connectivity index (χ3n) is 2.42.